The van der Waals surface area contributed by atoms with Crippen molar-refractivity contribution in [3.8, 4) is 17.1 Å². The van der Waals surface area contributed by atoms with Crippen LogP contribution in [0.25, 0.3) is 11.4 Å². The summed E-state index contributed by atoms with van der Waals surface area (Å²) in [6, 6.07) is 9.24. The highest BCUT2D eigenvalue weighted by Crippen LogP contribution is 2.37. The Morgan fingerprint density at radius 2 is 1.89 bits per heavy atom. The number of Topliss-reactive ketones (excluding diaryl/α,β-unsaturated/α-hetero) is 1. The summed E-state index contributed by atoms with van der Waals surface area (Å²) in [5, 5.41) is 14.0. The maximum absolute atomic E-state index is 12.7. The molecule has 3 aromatic heterocycles. The van der Waals surface area contributed by atoms with Gasteiger partial charge in [-0.25, -0.2) is 19.9 Å². The average Bonchev–Trinajstić information content (AvgIpc) is 3.30. The Bertz CT molecular complexity index is 1340. The van der Waals surface area contributed by atoms with E-state index in [0.717, 1.165) is 11.3 Å². The van der Waals surface area contributed by atoms with E-state index in [-0.39, 0.29) is 5.78 Å². The van der Waals surface area contributed by atoms with Crippen LogP contribution >= 0.6 is 0 Å². The fourth-order valence-corrected chi connectivity index (χ4v) is 3.55. The van der Waals surface area contributed by atoms with Gasteiger partial charge < -0.3 is 20.7 Å². The predicted molar refractivity (Wildman–Crippen MR) is 133 cm³/mol. The van der Waals surface area contributed by atoms with Crippen LogP contribution in [0, 0.1) is 0 Å². The Labute approximate surface area is 203 Å². The van der Waals surface area contributed by atoms with Crippen molar-refractivity contribution in [1.82, 2.24) is 35.0 Å². The largest absolute Gasteiger partial charge is 0.494 e. The molecule has 0 saturated carbocycles. The van der Waals surface area contributed by atoms with Crippen LogP contribution < -0.4 is 20.7 Å². The van der Waals surface area contributed by atoms with Gasteiger partial charge in [0.25, 0.3) is 0 Å². The van der Waals surface area contributed by atoms with Gasteiger partial charge in [-0.3, -0.25) is 9.48 Å². The molecule has 0 aliphatic rings. The Kier molecular flexibility index (Phi) is 7.27. The SMILES string of the molecule is CCC(=O)c1cnc(Nc2cc(CNC)ncn2)cc1Nc1cccc(-c2ncn(C)n2)c1OC. The molecule has 1 aromatic carbocycles. The summed E-state index contributed by atoms with van der Waals surface area (Å²) < 4.78 is 7.34. The summed E-state index contributed by atoms with van der Waals surface area (Å²) in [5.41, 5.74) is 3.29. The Morgan fingerprint density at radius 1 is 1.06 bits per heavy atom. The third-order valence-corrected chi connectivity index (χ3v) is 5.19. The highest BCUT2D eigenvalue weighted by Gasteiger charge is 2.18. The van der Waals surface area contributed by atoms with E-state index in [9.17, 15) is 4.79 Å². The molecule has 0 atom stereocenters. The minimum Gasteiger partial charge on any atom is -0.494 e. The fraction of sp³-hybridized carbons (Fsp3) is 0.250. The van der Waals surface area contributed by atoms with Crippen LogP contribution in [0.4, 0.5) is 23.0 Å². The minimum absolute atomic E-state index is 0.0357. The van der Waals surface area contributed by atoms with Crippen LogP contribution in [0.3, 0.4) is 0 Å². The zero-order valence-corrected chi connectivity index (χ0v) is 20.0. The van der Waals surface area contributed by atoms with Gasteiger partial charge in [0.1, 0.15) is 24.3 Å². The number of aromatic nitrogens is 6. The van der Waals surface area contributed by atoms with Crippen molar-refractivity contribution in [2.45, 2.75) is 19.9 Å². The second-order valence-corrected chi connectivity index (χ2v) is 7.69. The predicted octanol–water partition coefficient (Wildman–Crippen LogP) is 3.48. The maximum atomic E-state index is 12.7. The molecule has 4 aromatic rings. The smallest absolute Gasteiger partial charge is 0.184 e. The quantitative estimate of drug-likeness (QED) is 0.294. The van der Waals surface area contributed by atoms with E-state index < -0.39 is 0 Å². The first kappa shape index (κ1) is 23.8. The van der Waals surface area contributed by atoms with E-state index in [1.165, 1.54) is 6.33 Å². The number of benzene rings is 1. The number of rotatable bonds is 10. The number of ketones is 1. The third-order valence-electron chi connectivity index (χ3n) is 5.19. The van der Waals surface area contributed by atoms with Crippen LogP contribution in [0.15, 0.2) is 49.2 Å². The third kappa shape index (κ3) is 5.41. The number of hydrogen-bond donors (Lipinski definition) is 3. The highest BCUT2D eigenvalue weighted by atomic mass is 16.5. The van der Waals surface area contributed by atoms with Crippen molar-refractivity contribution in [2.75, 3.05) is 24.8 Å². The molecular weight excluding hydrogens is 446 g/mol. The van der Waals surface area contributed by atoms with E-state index in [4.69, 9.17) is 4.74 Å². The molecule has 11 nitrogen and oxygen atoms in total. The van der Waals surface area contributed by atoms with Crippen molar-refractivity contribution < 1.29 is 9.53 Å². The van der Waals surface area contributed by atoms with Gasteiger partial charge in [0.05, 0.1) is 35.3 Å². The highest BCUT2D eigenvalue weighted by molar-refractivity contribution is 6.02. The molecule has 0 spiro atoms. The minimum atomic E-state index is -0.0357. The molecule has 180 valence electrons. The molecular formula is C24H27N9O2. The van der Waals surface area contributed by atoms with Crippen molar-refractivity contribution in [3.63, 3.8) is 0 Å². The van der Waals surface area contributed by atoms with Crippen LogP contribution in [0.2, 0.25) is 0 Å². The lowest BCUT2D eigenvalue weighted by Gasteiger charge is -2.17. The standard InChI is InChI=1S/C24H27N9O2/c1-5-20(34)17-12-26-22(31-21-9-15(11-25-2)27-13-28-21)10-19(17)30-18-8-6-7-16(23(18)35-4)24-29-14-33(3)32-24/h6-10,12-14,25H,5,11H2,1-4H3,(H2,26,27,28,30,31). The van der Waals surface area contributed by atoms with Crippen molar-refractivity contribution in [2.24, 2.45) is 7.05 Å². The lowest BCUT2D eigenvalue weighted by molar-refractivity contribution is 0.0988. The molecule has 35 heavy (non-hydrogen) atoms. The first-order valence-electron chi connectivity index (χ1n) is 11.1. The Morgan fingerprint density at radius 3 is 2.60 bits per heavy atom. The normalized spacial score (nSPS) is 10.7. The van der Waals surface area contributed by atoms with E-state index in [0.29, 0.717) is 53.1 Å². The van der Waals surface area contributed by atoms with Crippen molar-refractivity contribution >= 4 is 28.8 Å². The maximum Gasteiger partial charge on any atom is 0.184 e. The van der Waals surface area contributed by atoms with Gasteiger partial charge in [-0.15, -0.1) is 0 Å². The second-order valence-electron chi connectivity index (χ2n) is 7.69. The number of pyridine rings is 1. The molecule has 0 unspecified atom stereocenters. The van der Waals surface area contributed by atoms with Crippen molar-refractivity contribution in [3.05, 3.63) is 60.4 Å². The van der Waals surface area contributed by atoms with E-state index in [1.807, 2.05) is 38.2 Å². The fourth-order valence-electron chi connectivity index (χ4n) is 3.55. The molecule has 3 N–H and O–H groups in total. The van der Waals surface area contributed by atoms with Crippen LogP contribution in [-0.2, 0) is 13.6 Å². The van der Waals surface area contributed by atoms with E-state index in [1.54, 1.807) is 37.4 Å². The number of aryl methyl sites for hydroxylation is 1. The summed E-state index contributed by atoms with van der Waals surface area (Å²) in [6.07, 6.45) is 5.02. The molecule has 0 aliphatic heterocycles. The molecule has 0 amide bonds. The van der Waals surface area contributed by atoms with E-state index in [2.05, 4.69) is 41.0 Å². The molecule has 0 saturated heterocycles. The lowest BCUT2D eigenvalue weighted by atomic mass is 10.1. The Hall–Kier alpha value is -4.38. The number of nitrogens with one attached hydrogen (secondary N) is 3. The van der Waals surface area contributed by atoms with Crippen molar-refractivity contribution in [1.29, 1.82) is 0 Å². The monoisotopic (exact) mass is 473 g/mol. The average molecular weight is 474 g/mol. The van der Waals surface area contributed by atoms with E-state index >= 15 is 0 Å². The van der Waals surface area contributed by atoms with Crippen LogP contribution in [0.5, 0.6) is 5.75 Å². The summed E-state index contributed by atoms with van der Waals surface area (Å²) in [4.78, 5) is 29.9. The number of ether oxygens (including phenoxy) is 1. The summed E-state index contributed by atoms with van der Waals surface area (Å²) in [6.45, 7) is 2.43. The van der Waals surface area contributed by atoms with Crippen LogP contribution in [-0.4, -0.2) is 49.7 Å². The van der Waals surface area contributed by atoms with Crippen LogP contribution in [0.1, 0.15) is 29.4 Å². The molecule has 3 heterocycles. The summed E-state index contributed by atoms with van der Waals surface area (Å²) in [7, 11) is 5.24. The second kappa shape index (κ2) is 10.7. The number of methoxy groups -OCH3 is 1. The number of para-hydroxylation sites is 1. The number of nitrogens with zero attached hydrogens (tertiary/aromatic N) is 6. The zero-order valence-electron chi connectivity index (χ0n) is 20.0. The molecule has 11 heteroatoms. The van der Waals surface area contributed by atoms with Gasteiger partial charge in [0, 0.05) is 38.3 Å². The first-order chi connectivity index (χ1) is 17.0. The Balaban J connectivity index is 1.70. The summed E-state index contributed by atoms with van der Waals surface area (Å²) >= 11 is 0. The molecule has 0 radical (unpaired) electrons. The molecule has 0 fully saturated rings. The van der Waals surface area contributed by atoms with Gasteiger partial charge in [0.2, 0.25) is 0 Å². The van der Waals surface area contributed by atoms with Gasteiger partial charge in [-0.2, -0.15) is 5.10 Å². The van der Waals surface area contributed by atoms with Gasteiger partial charge in [-0.05, 0) is 19.2 Å². The topological polar surface area (TPSA) is 132 Å². The molecule has 4 rings (SSSR count). The number of hydrogen-bond acceptors (Lipinski definition) is 10. The number of carbonyl (C=O) groups is 1. The van der Waals surface area contributed by atoms with Gasteiger partial charge >= 0.3 is 0 Å². The number of anilines is 4. The molecule has 0 aliphatic carbocycles. The van der Waals surface area contributed by atoms with Gasteiger partial charge in [0.15, 0.2) is 17.4 Å². The lowest BCUT2D eigenvalue weighted by Crippen LogP contribution is -2.09. The first-order valence-corrected chi connectivity index (χ1v) is 11.1. The summed E-state index contributed by atoms with van der Waals surface area (Å²) in [5.74, 6) is 2.18. The number of carbonyl (C=O) groups excluding carboxylic acids is 1. The molecule has 0 bridgehead atoms. The zero-order chi connectivity index (χ0) is 24.8. The van der Waals surface area contributed by atoms with Gasteiger partial charge in [-0.1, -0.05) is 13.0 Å².